The van der Waals surface area contributed by atoms with E-state index in [0.29, 0.717) is 5.15 Å². The van der Waals surface area contributed by atoms with Crippen molar-refractivity contribution >= 4 is 17.3 Å². The molecule has 0 amide bonds. The molecule has 1 aliphatic rings. The van der Waals surface area contributed by atoms with E-state index in [-0.39, 0.29) is 0 Å². The Bertz CT molecular complexity index is 551. The van der Waals surface area contributed by atoms with Crippen molar-refractivity contribution in [1.82, 2.24) is 9.97 Å². The van der Waals surface area contributed by atoms with Gasteiger partial charge in [0.2, 0.25) is 0 Å². The second-order valence-electron chi connectivity index (χ2n) is 4.28. The van der Waals surface area contributed by atoms with Crippen LogP contribution in [-0.4, -0.2) is 9.97 Å². The van der Waals surface area contributed by atoms with E-state index in [0.717, 1.165) is 24.3 Å². The Labute approximate surface area is 105 Å². The average molecular weight is 246 g/mol. The predicted octanol–water partition coefficient (Wildman–Crippen LogP) is 2.96. The highest BCUT2D eigenvalue weighted by molar-refractivity contribution is 6.30. The molecule has 0 atom stereocenters. The molecule has 0 saturated heterocycles. The summed E-state index contributed by atoms with van der Waals surface area (Å²) in [6.07, 6.45) is 1.53. The number of benzene rings is 1. The maximum absolute atomic E-state index is 6.07. The normalized spacial score (nSPS) is 13.9. The maximum Gasteiger partial charge on any atom is 0.137 e. The molecule has 1 aliphatic heterocycles. The van der Waals surface area contributed by atoms with Crippen molar-refractivity contribution in [2.75, 3.05) is 4.90 Å². The molecule has 17 heavy (non-hydrogen) atoms. The second-order valence-corrected chi connectivity index (χ2v) is 4.64. The van der Waals surface area contributed by atoms with E-state index in [1.807, 2.05) is 0 Å². The van der Waals surface area contributed by atoms with E-state index in [2.05, 4.69) is 46.1 Å². The minimum Gasteiger partial charge on any atom is -0.361 e. The van der Waals surface area contributed by atoms with Crippen molar-refractivity contribution < 1.29 is 0 Å². The monoisotopic (exact) mass is 245 g/mol. The van der Waals surface area contributed by atoms with E-state index in [9.17, 15) is 0 Å². The standard InChI is InChI=1S/C13H12ClN3/c1-9-2-4-10(5-3-9)17-6-11-12(7-17)15-8-16-13(11)14/h2-5,8H,6-7H2,1H3. The first-order valence-corrected chi connectivity index (χ1v) is 5.92. The van der Waals surface area contributed by atoms with Crippen LogP contribution in [-0.2, 0) is 13.1 Å². The first kappa shape index (κ1) is 10.5. The second kappa shape index (κ2) is 4.00. The van der Waals surface area contributed by atoms with Crippen molar-refractivity contribution in [3.05, 3.63) is 52.6 Å². The highest BCUT2D eigenvalue weighted by atomic mass is 35.5. The summed E-state index contributed by atoms with van der Waals surface area (Å²) in [4.78, 5) is 10.6. The van der Waals surface area contributed by atoms with Crippen LogP contribution in [0.1, 0.15) is 16.8 Å². The summed E-state index contributed by atoms with van der Waals surface area (Å²) in [6.45, 7) is 3.68. The molecule has 0 radical (unpaired) electrons. The summed E-state index contributed by atoms with van der Waals surface area (Å²) >= 11 is 6.07. The number of hydrogen-bond acceptors (Lipinski definition) is 3. The van der Waals surface area contributed by atoms with E-state index in [4.69, 9.17) is 11.6 Å². The van der Waals surface area contributed by atoms with Gasteiger partial charge in [-0.25, -0.2) is 9.97 Å². The number of aromatic nitrogens is 2. The zero-order chi connectivity index (χ0) is 11.8. The lowest BCUT2D eigenvalue weighted by molar-refractivity contribution is 0.870. The fourth-order valence-electron chi connectivity index (χ4n) is 2.08. The van der Waals surface area contributed by atoms with Gasteiger partial charge in [0.1, 0.15) is 11.5 Å². The van der Waals surface area contributed by atoms with Crippen molar-refractivity contribution in [1.29, 1.82) is 0 Å². The number of rotatable bonds is 1. The van der Waals surface area contributed by atoms with Crippen LogP contribution in [0.15, 0.2) is 30.6 Å². The quantitative estimate of drug-likeness (QED) is 0.724. The van der Waals surface area contributed by atoms with Crippen LogP contribution >= 0.6 is 11.6 Å². The molecule has 0 bridgehead atoms. The van der Waals surface area contributed by atoms with Gasteiger partial charge in [-0.05, 0) is 19.1 Å². The summed E-state index contributed by atoms with van der Waals surface area (Å²) in [7, 11) is 0. The fraction of sp³-hybridized carbons (Fsp3) is 0.231. The SMILES string of the molecule is Cc1ccc(N2Cc3ncnc(Cl)c3C2)cc1. The van der Waals surface area contributed by atoms with Crippen molar-refractivity contribution in [2.45, 2.75) is 20.0 Å². The zero-order valence-corrected chi connectivity index (χ0v) is 10.3. The first-order valence-electron chi connectivity index (χ1n) is 5.54. The van der Waals surface area contributed by atoms with Gasteiger partial charge in [0, 0.05) is 17.8 Å². The minimum atomic E-state index is 0.574. The molecule has 0 fully saturated rings. The molecule has 1 aromatic carbocycles. The van der Waals surface area contributed by atoms with Gasteiger partial charge < -0.3 is 4.90 Å². The lowest BCUT2D eigenvalue weighted by atomic mass is 10.2. The van der Waals surface area contributed by atoms with Crippen LogP contribution in [0.2, 0.25) is 5.15 Å². The van der Waals surface area contributed by atoms with Gasteiger partial charge in [0.25, 0.3) is 0 Å². The molecule has 2 aromatic rings. The molecule has 0 spiro atoms. The van der Waals surface area contributed by atoms with E-state index in [1.54, 1.807) is 0 Å². The Morgan fingerprint density at radius 2 is 1.88 bits per heavy atom. The molecule has 86 valence electrons. The number of fused-ring (bicyclic) bond motifs is 1. The molecule has 0 unspecified atom stereocenters. The largest absolute Gasteiger partial charge is 0.361 e. The van der Waals surface area contributed by atoms with Crippen LogP contribution in [0.25, 0.3) is 0 Å². The highest BCUT2D eigenvalue weighted by Gasteiger charge is 2.23. The zero-order valence-electron chi connectivity index (χ0n) is 9.52. The number of nitrogens with zero attached hydrogens (tertiary/aromatic N) is 3. The smallest absolute Gasteiger partial charge is 0.137 e. The lowest BCUT2D eigenvalue weighted by Crippen LogP contribution is -2.14. The van der Waals surface area contributed by atoms with Gasteiger partial charge in [-0.15, -0.1) is 0 Å². The Kier molecular flexibility index (Phi) is 2.48. The van der Waals surface area contributed by atoms with Crippen molar-refractivity contribution in [3.63, 3.8) is 0 Å². The van der Waals surface area contributed by atoms with Gasteiger partial charge in [-0.2, -0.15) is 0 Å². The third-order valence-electron chi connectivity index (χ3n) is 3.07. The number of halogens is 1. The fourth-order valence-corrected chi connectivity index (χ4v) is 2.30. The molecule has 2 heterocycles. The van der Waals surface area contributed by atoms with Crippen LogP contribution in [0.3, 0.4) is 0 Å². The highest BCUT2D eigenvalue weighted by Crippen LogP contribution is 2.29. The van der Waals surface area contributed by atoms with Gasteiger partial charge >= 0.3 is 0 Å². The minimum absolute atomic E-state index is 0.574. The summed E-state index contributed by atoms with van der Waals surface area (Å²) in [5.74, 6) is 0. The van der Waals surface area contributed by atoms with Crippen molar-refractivity contribution in [3.8, 4) is 0 Å². The molecule has 0 saturated carbocycles. The molecule has 4 heteroatoms. The Balaban J connectivity index is 1.91. The lowest BCUT2D eigenvalue weighted by Gasteiger charge is -2.17. The van der Waals surface area contributed by atoms with Gasteiger partial charge in [0.05, 0.1) is 12.2 Å². The molecule has 3 nitrogen and oxygen atoms in total. The Hall–Kier alpha value is -1.61. The number of hydrogen-bond donors (Lipinski definition) is 0. The summed E-state index contributed by atoms with van der Waals surface area (Å²) in [5, 5.41) is 0.574. The van der Waals surface area contributed by atoms with Gasteiger partial charge in [0.15, 0.2) is 0 Å². The Morgan fingerprint density at radius 1 is 1.12 bits per heavy atom. The average Bonchev–Trinajstić information content (AvgIpc) is 2.75. The summed E-state index contributed by atoms with van der Waals surface area (Å²) < 4.78 is 0. The van der Waals surface area contributed by atoms with E-state index >= 15 is 0 Å². The molecule has 1 aromatic heterocycles. The number of anilines is 1. The van der Waals surface area contributed by atoms with Gasteiger partial charge in [-0.3, -0.25) is 0 Å². The van der Waals surface area contributed by atoms with Crippen LogP contribution < -0.4 is 4.90 Å². The molecular weight excluding hydrogens is 234 g/mol. The third-order valence-corrected chi connectivity index (χ3v) is 3.40. The summed E-state index contributed by atoms with van der Waals surface area (Å²) in [6, 6.07) is 8.49. The van der Waals surface area contributed by atoms with Gasteiger partial charge in [-0.1, -0.05) is 29.3 Å². The maximum atomic E-state index is 6.07. The molecule has 3 rings (SSSR count). The number of aryl methyl sites for hydroxylation is 1. The Morgan fingerprint density at radius 3 is 2.59 bits per heavy atom. The first-order chi connectivity index (χ1) is 8.24. The van der Waals surface area contributed by atoms with E-state index in [1.165, 1.54) is 17.6 Å². The van der Waals surface area contributed by atoms with Crippen molar-refractivity contribution in [2.24, 2.45) is 0 Å². The van der Waals surface area contributed by atoms with Crippen LogP contribution in [0.4, 0.5) is 5.69 Å². The van der Waals surface area contributed by atoms with Crippen LogP contribution in [0.5, 0.6) is 0 Å². The van der Waals surface area contributed by atoms with Crippen LogP contribution in [0, 0.1) is 6.92 Å². The molecule has 0 aliphatic carbocycles. The third kappa shape index (κ3) is 1.87. The molecule has 0 N–H and O–H groups in total. The molecular formula is C13H12ClN3. The topological polar surface area (TPSA) is 29.0 Å². The van der Waals surface area contributed by atoms with E-state index < -0.39 is 0 Å². The summed E-state index contributed by atoms with van der Waals surface area (Å²) in [5.41, 5.74) is 4.55. The predicted molar refractivity (Wildman–Crippen MR) is 68.1 cm³/mol.